The summed E-state index contributed by atoms with van der Waals surface area (Å²) in [4.78, 5) is 0. The van der Waals surface area contributed by atoms with Crippen molar-refractivity contribution in [1.29, 1.82) is 0 Å². The van der Waals surface area contributed by atoms with Crippen LogP contribution in [0.1, 0.15) is 19.4 Å². The van der Waals surface area contributed by atoms with Crippen LogP contribution in [0, 0.1) is 0 Å². The summed E-state index contributed by atoms with van der Waals surface area (Å²) in [6.45, 7) is 4.65. The average molecular weight is 300 g/mol. The zero-order valence-corrected chi connectivity index (χ0v) is 12.1. The van der Waals surface area contributed by atoms with Crippen molar-refractivity contribution in [1.82, 2.24) is 9.88 Å². The molecule has 0 radical (unpaired) electrons. The fourth-order valence-corrected chi connectivity index (χ4v) is 2.12. The van der Waals surface area contributed by atoms with E-state index in [1.54, 1.807) is 10.8 Å². The van der Waals surface area contributed by atoms with Gasteiger partial charge in [0, 0.05) is 30.8 Å². The normalized spacial score (nSPS) is 12.5. The summed E-state index contributed by atoms with van der Waals surface area (Å²) in [6.07, 6.45) is -2.79. The highest BCUT2D eigenvalue weighted by Crippen LogP contribution is 2.19. The first kappa shape index (κ1) is 15.9. The lowest BCUT2D eigenvalue weighted by Gasteiger charge is -2.11. The van der Waals surface area contributed by atoms with Crippen molar-refractivity contribution >= 4 is 10.9 Å². The molecule has 0 aliphatic carbocycles. The zero-order chi connectivity index (χ0) is 15.5. The second kappa shape index (κ2) is 6.49. The predicted octanol–water partition coefficient (Wildman–Crippen LogP) is 3.68. The van der Waals surface area contributed by atoms with Crippen molar-refractivity contribution in [3.8, 4) is 0 Å². The van der Waals surface area contributed by atoms with Crippen LogP contribution in [0.25, 0.3) is 10.9 Å². The molecule has 0 aliphatic heterocycles. The molecule has 3 nitrogen and oxygen atoms in total. The van der Waals surface area contributed by atoms with E-state index in [0.29, 0.717) is 6.04 Å². The SMILES string of the molecule is CC(C)NCc1ccc2ccn(CCOC(F)(F)F)c2c1. The molecule has 0 saturated heterocycles. The first-order valence-electron chi connectivity index (χ1n) is 6.87. The molecule has 0 amide bonds. The number of fused-ring (bicyclic) bond motifs is 1. The van der Waals surface area contributed by atoms with Gasteiger partial charge >= 0.3 is 6.36 Å². The lowest BCUT2D eigenvalue weighted by atomic mass is 10.1. The van der Waals surface area contributed by atoms with Crippen LogP contribution in [0.2, 0.25) is 0 Å². The van der Waals surface area contributed by atoms with Gasteiger partial charge in [-0.1, -0.05) is 26.0 Å². The smallest absolute Gasteiger partial charge is 0.345 e. The van der Waals surface area contributed by atoms with E-state index in [9.17, 15) is 13.2 Å². The molecule has 2 rings (SSSR count). The van der Waals surface area contributed by atoms with E-state index in [0.717, 1.165) is 23.0 Å². The van der Waals surface area contributed by atoms with Crippen LogP contribution in [0.4, 0.5) is 13.2 Å². The molecular formula is C15H19F3N2O. The van der Waals surface area contributed by atoms with Gasteiger partial charge in [-0.25, -0.2) is 0 Å². The second-order valence-electron chi connectivity index (χ2n) is 5.23. The quantitative estimate of drug-likeness (QED) is 0.881. The summed E-state index contributed by atoms with van der Waals surface area (Å²) in [5, 5.41) is 4.33. The molecule has 0 atom stereocenters. The second-order valence-corrected chi connectivity index (χ2v) is 5.23. The number of halogens is 3. The highest BCUT2D eigenvalue weighted by Gasteiger charge is 2.28. The van der Waals surface area contributed by atoms with Crippen LogP contribution in [-0.4, -0.2) is 23.6 Å². The van der Waals surface area contributed by atoms with Crippen LogP contribution >= 0.6 is 0 Å². The maximum atomic E-state index is 12.0. The third kappa shape index (κ3) is 4.75. The molecule has 6 heteroatoms. The molecule has 0 spiro atoms. The minimum Gasteiger partial charge on any atom is -0.345 e. The number of ether oxygens (including phenoxy) is 1. The van der Waals surface area contributed by atoms with Gasteiger partial charge in [0.2, 0.25) is 0 Å². The molecule has 1 N–H and O–H groups in total. The number of nitrogens with one attached hydrogen (secondary N) is 1. The molecule has 0 saturated carbocycles. The Morgan fingerprint density at radius 3 is 2.67 bits per heavy atom. The van der Waals surface area contributed by atoms with Crippen LogP contribution < -0.4 is 5.32 Å². The Bertz CT molecular complexity index is 590. The first-order valence-corrected chi connectivity index (χ1v) is 6.87. The van der Waals surface area contributed by atoms with Crippen molar-refractivity contribution in [2.45, 2.75) is 39.3 Å². The van der Waals surface area contributed by atoms with Crippen LogP contribution in [0.3, 0.4) is 0 Å². The predicted molar refractivity (Wildman–Crippen MR) is 75.9 cm³/mol. The van der Waals surface area contributed by atoms with E-state index >= 15 is 0 Å². The van der Waals surface area contributed by atoms with Crippen molar-refractivity contribution in [2.75, 3.05) is 6.61 Å². The number of benzene rings is 1. The fourth-order valence-electron chi connectivity index (χ4n) is 2.12. The maximum absolute atomic E-state index is 12.0. The number of alkyl halides is 3. The molecular weight excluding hydrogens is 281 g/mol. The van der Waals surface area contributed by atoms with E-state index in [4.69, 9.17) is 0 Å². The van der Waals surface area contributed by atoms with Gasteiger partial charge in [0.15, 0.2) is 0 Å². The first-order chi connectivity index (χ1) is 9.85. The lowest BCUT2D eigenvalue weighted by molar-refractivity contribution is -0.325. The Labute approximate surface area is 121 Å². The van der Waals surface area contributed by atoms with Crippen molar-refractivity contribution in [3.63, 3.8) is 0 Å². The zero-order valence-electron chi connectivity index (χ0n) is 12.1. The third-order valence-electron chi connectivity index (χ3n) is 3.15. The lowest BCUT2D eigenvalue weighted by Crippen LogP contribution is -2.21. The van der Waals surface area contributed by atoms with Gasteiger partial charge in [-0.15, -0.1) is 13.2 Å². The van der Waals surface area contributed by atoms with E-state index in [-0.39, 0.29) is 13.2 Å². The standard InChI is InChI=1S/C15H19F3N2O/c1-11(2)19-10-12-3-4-13-5-6-20(14(13)9-12)7-8-21-15(16,17)18/h3-6,9,11,19H,7-8,10H2,1-2H3. The van der Waals surface area contributed by atoms with Gasteiger partial charge in [-0.3, -0.25) is 4.74 Å². The number of hydrogen-bond acceptors (Lipinski definition) is 2. The van der Waals surface area contributed by atoms with Crippen LogP contribution in [0.15, 0.2) is 30.5 Å². The monoisotopic (exact) mass is 300 g/mol. The number of aromatic nitrogens is 1. The molecule has 1 aromatic carbocycles. The Hall–Kier alpha value is -1.53. The van der Waals surface area contributed by atoms with Gasteiger partial charge in [-0.2, -0.15) is 0 Å². The Kier molecular flexibility index (Phi) is 4.90. The molecule has 116 valence electrons. The summed E-state index contributed by atoms with van der Waals surface area (Å²) in [5.74, 6) is 0. The van der Waals surface area contributed by atoms with Gasteiger partial charge in [0.05, 0.1) is 6.61 Å². The minimum absolute atomic E-state index is 0.171. The Balaban J connectivity index is 2.07. The molecule has 1 heterocycles. The molecule has 1 aromatic heterocycles. The molecule has 21 heavy (non-hydrogen) atoms. The van der Waals surface area contributed by atoms with Crippen molar-refractivity contribution < 1.29 is 17.9 Å². The van der Waals surface area contributed by atoms with E-state index in [1.165, 1.54) is 0 Å². The van der Waals surface area contributed by atoms with Crippen molar-refractivity contribution in [3.05, 3.63) is 36.0 Å². The molecule has 2 aromatic rings. The Morgan fingerprint density at radius 1 is 1.24 bits per heavy atom. The van der Waals surface area contributed by atoms with Gasteiger partial charge in [-0.05, 0) is 23.1 Å². The highest BCUT2D eigenvalue weighted by molar-refractivity contribution is 5.80. The number of nitrogens with zero attached hydrogens (tertiary/aromatic N) is 1. The van der Waals surface area contributed by atoms with Gasteiger partial charge in [0.1, 0.15) is 0 Å². The van der Waals surface area contributed by atoms with E-state index in [2.05, 4.69) is 23.9 Å². The maximum Gasteiger partial charge on any atom is 0.522 e. The van der Waals surface area contributed by atoms with Gasteiger partial charge in [0.25, 0.3) is 0 Å². The molecule has 0 aliphatic rings. The third-order valence-corrected chi connectivity index (χ3v) is 3.15. The summed E-state index contributed by atoms with van der Waals surface area (Å²) >= 11 is 0. The van der Waals surface area contributed by atoms with Crippen LogP contribution in [-0.2, 0) is 17.8 Å². The van der Waals surface area contributed by atoms with E-state index in [1.807, 2.05) is 24.3 Å². The highest BCUT2D eigenvalue weighted by atomic mass is 19.4. The largest absolute Gasteiger partial charge is 0.522 e. The van der Waals surface area contributed by atoms with Crippen molar-refractivity contribution in [2.24, 2.45) is 0 Å². The average Bonchev–Trinajstić information content (AvgIpc) is 2.78. The Morgan fingerprint density at radius 2 is 2.00 bits per heavy atom. The molecule has 0 fully saturated rings. The summed E-state index contributed by atoms with van der Waals surface area (Å²) in [7, 11) is 0. The summed E-state index contributed by atoms with van der Waals surface area (Å²) in [6, 6.07) is 8.27. The molecule has 0 unspecified atom stereocenters. The summed E-state index contributed by atoms with van der Waals surface area (Å²) < 4.78 is 41.6. The summed E-state index contributed by atoms with van der Waals surface area (Å²) in [5.41, 5.74) is 2.02. The number of rotatable bonds is 6. The number of hydrogen-bond donors (Lipinski definition) is 1. The fraction of sp³-hybridized carbons (Fsp3) is 0.467. The molecule has 0 bridgehead atoms. The van der Waals surface area contributed by atoms with Crippen LogP contribution in [0.5, 0.6) is 0 Å². The van der Waals surface area contributed by atoms with Gasteiger partial charge < -0.3 is 9.88 Å². The van der Waals surface area contributed by atoms with E-state index < -0.39 is 6.36 Å². The topological polar surface area (TPSA) is 26.2 Å². The minimum atomic E-state index is -4.57.